The summed E-state index contributed by atoms with van der Waals surface area (Å²) in [6.45, 7) is 2.26. The van der Waals surface area contributed by atoms with E-state index < -0.39 is 0 Å². The molecule has 0 aliphatic heterocycles. The molecule has 0 bridgehead atoms. The van der Waals surface area contributed by atoms with Crippen LogP contribution in [0.4, 0.5) is 0 Å². The van der Waals surface area contributed by atoms with Gasteiger partial charge >= 0.3 is 0 Å². The van der Waals surface area contributed by atoms with Crippen molar-refractivity contribution in [3.63, 3.8) is 0 Å². The lowest BCUT2D eigenvalue weighted by Gasteiger charge is -2.24. The zero-order chi connectivity index (χ0) is 15.4. The monoisotopic (exact) mass is 289 g/mol. The van der Waals surface area contributed by atoms with Gasteiger partial charge in [-0.15, -0.1) is 0 Å². The van der Waals surface area contributed by atoms with Crippen LogP contribution in [0.1, 0.15) is 6.92 Å². The highest BCUT2D eigenvalue weighted by Gasteiger charge is 2.17. The molecule has 6 heteroatoms. The van der Waals surface area contributed by atoms with Gasteiger partial charge in [0.15, 0.2) is 0 Å². The molecule has 1 amide bonds. The number of hydrogen-bond acceptors (Lipinski definition) is 4. The first kappa shape index (κ1) is 15.2. The van der Waals surface area contributed by atoms with E-state index in [4.69, 9.17) is 4.74 Å². The second-order valence-electron chi connectivity index (χ2n) is 5.00. The third-order valence-corrected chi connectivity index (χ3v) is 3.51. The Labute approximate surface area is 122 Å². The van der Waals surface area contributed by atoms with Crippen molar-refractivity contribution in [3.05, 3.63) is 40.8 Å². The van der Waals surface area contributed by atoms with Crippen molar-refractivity contribution in [2.24, 2.45) is 0 Å². The highest BCUT2D eigenvalue weighted by atomic mass is 16.5. The molecule has 0 aliphatic carbocycles. The number of methoxy groups -OCH3 is 1. The maximum Gasteiger partial charge on any atom is 0.275 e. The second-order valence-corrected chi connectivity index (χ2v) is 5.00. The van der Waals surface area contributed by atoms with Gasteiger partial charge in [-0.1, -0.05) is 18.2 Å². The van der Waals surface area contributed by atoms with Crippen molar-refractivity contribution in [3.8, 4) is 0 Å². The van der Waals surface area contributed by atoms with E-state index >= 15 is 0 Å². The predicted octanol–water partition coefficient (Wildman–Crippen LogP) is 0.890. The molecule has 0 spiro atoms. The number of fused-ring (bicyclic) bond motifs is 1. The first-order valence-electron chi connectivity index (χ1n) is 6.74. The molecule has 6 nitrogen and oxygen atoms in total. The van der Waals surface area contributed by atoms with Crippen LogP contribution in [0.15, 0.2) is 35.3 Å². The lowest BCUT2D eigenvalue weighted by atomic mass is 10.2. The van der Waals surface area contributed by atoms with Gasteiger partial charge in [0.05, 0.1) is 24.2 Å². The van der Waals surface area contributed by atoms with E-state index in [1.165, 1.54) is 4.68 Å². The Morgan fingerprint density at radius 2 is 2.14 bits per heavy atom. The first-order chi connectivity index (χ1) is 10.0. The molecular formula is C15H19N3O3. The van der Waals surface area contributed by atoms with Gasteiger partial charge in [-0.3, -0.25) is 9.59 Å². The fraction of sp³-hybridized carbons (Fsp3) is 0.400. The molecule has 21 heavy (non-hydrogen) atoms. The summed E-state index contributed by atoms with van der Waals surface area (Å²) in [6.07, 6.45) is 1.60. The van der Waals surface area contributed by atoms with Gasteiger partial charge in [0.2, 0.25) is 5.91 Å². The maximum absolute atomic E-state index is 12.3. The third kappa shape index (κ3) is 3.28. The van der Waals surface area contributed by atoms with Gasteiger partial charge in [0.1, 0.15) is 6.54 Å². The summed E-state index contributed by atoms with van der Waals surface area (Å²) in [4.78, 5) is 26.0. The third-order valence-electron chi connectivity index (χ3n) is 3.51. The van der Waals surface area contributed by atoms with Crippen LogP contribution in [0.5, 0.6) is 0 Å². The van der Waals surface area contributed by atoms with Crippen LogP contribution >= 0.6 is 0 Å². The minimum atomic E-state index is -0.255. The molecule has 0 aliphatic rings. The van der Waals surface area contributed by atoms with Crippen molar-refractivity contribution in [2.75, 3.05) is 20.8 Å². The number of carbonyl (C=O) groups excluding carboxylic acids is 1. The largest absolute Gasteiger partial charge is 0.383 e. The predicted molar refractivity (Wildman–Crippen MR) is 80.1 cm³/mol. The van der Waals surface area contributed by atoms with Crippen LogP contribution in [0.25, 0.3) is 10.8 Å². The van der Waals surface area contributed by atoms with E-state index in [2.05, 4.69) is 5.10 Å². The van der Waals surface area contributed by atoms with Crippen LogP contribution in [0, 0.1) is 0 Å². The first-order valence-corrected chi connectivity index (χ1v) is 6.74. The van der Waals surface area contributed by atoms with E-state index in [1.807, 2.05) is 19.1 Å². The summed E-state index contributed by atoms with van der Waals surface area (Å²) >= 11 is 0. The summed E-state index contributed by atoms with van der Waals surface area (Å²) in [5.41, 5.74) is -0.255. The van der Waals surface area contributed by atoms with Crippen molar-refractivity contribution >= 4 is 16.7 Å². The van der Waals surface area contributed by atoms with Gasteiger partial charge in [-0.2, -0.15) is 5.10 Å². The minimum absolute atomic E-state index is 0.0568. The Kier molecular flexibility index (Phi) is 4.70. The van der Waals surface area contributed by atoms with E-state index in [0.717, 1.165) is 5.39 Å². The average Bonchev–Trinajstić information content (AvgIpc) is 2.49. The fourth-order valence-electron chi connectivity index (χ4n) is 2.08. The number of amides is 1. The number of benzene rings is 1. The van der Waals surface area contributed by atoms with Gasteiger partial charge < -0.3 is 9.64 Å². The molecule has 0 unspecified atom stereocenters. The van der Waals surface area contributed by atoms with E-state index in [-0.39, 0.29) is 24.1 Å². The molecule has 1 aromatic carbocycles. The number of hydrogen-bond donors (Lipinski definition) is 0. The van der Waals surface area contributed by atoms with E-state index in [1.54, 1.807) is 37.4 Å². The second kappa shape index (κ2) is 6.49. The van der Waals surface area contributed by atoms with E-state index in [9.17, 15) is 9.59 Å². The van der Waals surface area contributed by atoms with Crippen molar-refractivity contribution < 1.29 is 9.53 Å². The summed E-state index contributed by atoms with van der Waals surface area (Å²) < 4.78 is 6.22. The zero-order valence-electron chi connectivity index (χ0n) is 12.4. The molecule has 2 rings (SSSR count). The molecule has 0 radical (unpaired) electrons. The number of aromatic nitrogens is 2. The van der Waals surface area contributed by atoms with Gasteiger partial charge in [0, 0.05) is 19.5 Å². The van der Waals surface area contributed by atoms with E-state index in [0.29, 0.717) is 12.0 Å². The Morgan fingerprint density at radius 3 is 2.86 bits per heavy atom. The smallest absolute Gasteiger partial charge is 0.275 e. The molecule has 0 fully saturated rings. The van der Waals surface area contributed by atoms with Crippen LogP contribution < -0.4 is 5.56 Å². The number of rotatable bonds is 5. The maximum atomic E-state index is 12.3. The summed E-state index contributed by atoms with van der Waals surface area (Å²) in [5.74, 6) is -0.176. The van der Waals surface area contributed by atoms with Crippen LogP contribution in [0.3, 0.4) is 0 Å². The molecule has 0 saturated carbocycles. The SMILES string of the molecule is COC[C@H](C)N(C)C(=O)Cn1ncc2ccccc2c1=O. The van der Waals surface area contributed by atoms with Crippen molar-refractivity contribution in [1.29, 1.82) is 0 Å². The Balaban J connectivity index is 2.22. The lowest BCUT2D eigenvalue weighted by molar-refractivity contribution is -0.133. The molecular weight excluding hydrogens is 270 g/mol. The fourth-order valence-corrected chi connectivity index (χ4v) is 2.08. The minimum Gasteiger partial charge on any atom is -0.383 e. The van der Waals surface area contributed by atoms with Crippen molar-refractivity contribution in [1.82, 2.24) is 14.7 Å². The highest BCUT2D eigenvalue weighted by molar-refractivity contribution is 5.81. The van der Waals surface area contributed by atoms with Crippen LogP contribution in [-0.2, 0) is 16.1 Å². The van der Waals surface area contributed by atoms with Gasteiger partial charge in [-0.05, 0) is 13.0 Å². The Hall–Kier alpha value is -2.21. The quantitative estimate of drug-likeness (QED) is 0.820. The zero-order valence-corrected chi connectivity index (χ0v) is 12.4. The van der Waals surface area contributed by atoms with Crippen LogP contribution in [-0.4, -0.2) is 47.4 Å². The average molecular weight is 289 g/mol. The molecule has 2 aromatic rings. The number of nitrogens with zero attached hydrogens (tertiary/aromatic N) is 3. The topological polar surface area (TPSA) is 64.4 Å². The molecule has 1 heterocycles. The summed E-state index contributed by atoms with van der Waals surface area (Å²) in [7, 11) is 3.28. The number of carbonyl (C=O) groups is 1. The molecule has 1 atom stereocenters. The number of likely N-dealkylation sites (N-methyl/N-ethyl adjacent to an activating group) is 1. The van der Waals surface area contributed by atoms with Crippen LogP contribution in [0.2, 0.25) is 0 Å². The number of ether oxygens (including phenoxy) is 1. The summed E-state index contributed by atoms with van der Waals surface area (Å²) in [5, 5.41) is 5.39. The normalized spacial score (nSPS) is 12.3. The molecule has 112 valence electrons. The molecule has 0 N–H and O–H groups in total. The molecule has 1 aromatic heterocycles. The van der Waals surface area contributed by atoms with Gasteiger partial charge in [0.25, 0.3) is 5.56 Å². The lowest BCUT2D eigenvalue weighted by Crippen LogP contribution is -2.41. The standard InChI is InChI=1S/C15H19N3O3/c1-11(10-21-3)17(2)14(19)9-18-15(20)13-7-5-4-6-12(13)8-16-18/h4-8,11H,9-10H2,1-3H3/t11-/m0/s1. The highest BCUT2D eigenvalue weighted by Crippen LogP contribution is 2.06. The van der Waals surface area contributed by atoms with Crippen molar-refractivity contribution in [2.45, 2.75) is 19.5 Å². The summed E-state index contributed by atoms with van der Waals surface area (Å²) in [6, 6.07) is 7.14. The molecule has 0 saturated heterocycles. The van der Waals surface area contributed by atoms with Gasteiger partial charge in [-0.25, -0.2) is 4.68 Å². The Morgan fingerprint density at radius 1 is 1.43 bits per heavy atom. The Bertz CT molecular complexity index is 696.